The first-order valence-corrected chi connectivity index (χ1v) is 6.08. The first-order chi connectivity index (χ1) is 7.01. The molecule has 0 spiro atoms. The molecule has 6 heteroatoms. The van der Waals surface area contributed by atoms with E-state index < -0.39 is 6.03 Å². The van der Waals surface area contributed by atoms with Crippen LogP contribution >= 0.6 is 11.8 Å². The lowest BCUT2D eigenvalue weighted by Crippen LogP contribution is -2.48. The Labute approximate surface area is 94.8 Å². The number of carbonyl (C=O) groups excluding carboxylic acids is 2. The fraction of sp³-hybridized carbons (Fsp3) is 0.778. The second-order valence-corrected chi connectivity index (χ2v) is 4.52. The molecule has 0 saturated heterocycles. The molecule has 0 heterocycles. The molecule has 0 aromatic rings. The van der Waals surface area contributed by atoms with Crippen molar-refractivity contribution in [3.8, 4) is 0 Å². The lowest BCUT2D eigenvalue weighted by atomic mass is 10.3. The molecule has 0 aliphatic rings. The van der Waals surface area contributed by atoms with E-state index in [1.165, 1.54) is 7.05 Å². The van der Waals surface area contributed by atoms with E-state index in [9.17, 15) is 9.59 Å². The van der Waals surface area contributed by atoms with E-state index >= 15 is 0 Å². The summed E-state index contributed by atoms with van der Waals surface area (Å²) in [4.78, 5) is 22.2. The van der Waals surface area contributed by atoms with Gasteiger partial charge in [0.25, 0.3) is 0 Å². The van der Waals surface area contributed by atoms with Crippen LogP contribution in [0.25, 0.3) is 0 Å². The van der Waals surface area contributed by atoms with Crippen LogP contribution in [-0.4, -0.2) is 43.1 Å². The van der Waals surface area contributed by atoms with E-state index in [-0.39, 0.29) is 11.9 Å². The number of urea groups is 1. The maximum Gasteiger partial charge on any atom is 0.321 e. The molecule has 0 fully saturated rings. The van der Waals surface area contributed by atoms with Gasteiger partial charge in [0.2, 0.25) is 5.91 Å². The zero-order chi connectivity index (χ0) is 11.8. The number of nitrogens with one attached hydrogen (secondary N) is 3. The van der Waals surface area contributed by atoms with Crippen LogP contribution in [0.15, 0.2) is 0 Å². The standard InChI is InChI=1S/C9H19N3O2S/c1-6(15-4)5-11-7(2)8(13)12-9(14)10-3/h6-7,11H,5H2,1-4H3,(H2,10,12,13,14). The van der Waals surface area contributed by atoms with Crippen LogP contribution in [-0.2, 0) is 4.79 Å². The second-order valence-electron chi connectivity index (χ2n) is 3.24. The third-order valence-corrected chi connectivity index (χ3v) is 2.94. The summed E-state index contributed by atoms with van der Waals surface area (Å²) >= 11 is 1.72. The largest absolute Gasteiger partial charge is 0.341 e. The van der Waals surface area contributed by atoms with E-state index in [1.807, 2.05) is 6.26 Å². The van der Waals surface area contributed by atoms with Gasteiger partial charge in [-0.25, -0.2) is 4.79 Å². The predicted octanol–water partition coefficient (Wildman–Crippen LogP) is 0.172. The molecule has 0 bridgehead atoms. The van der Waals surface area contributed by atoms with Crippen molar-refractivity contribution in [2.24, 2.45) is 0 Å². The van der Waals surface area contributed by atoms with Gasteiger partial charge in [-0.05, 0) is 13.2 Å². The normalized spacial score (nSPS) is 14.1. The summed E-state index contributed by atoms with van der Waals surface area (Å²) in [5.74, 6) is -0.317. The van der Waals surface area contributed by atoms with Gasteiger partial charge in [0.1, 0.15) is 0 Å². The minimum atomic E-state index is -0.480. The number of rotatable bonds is 5. The minimum absolute atomic E-state index is 0.317. The fourth-order valence-corrected chi connectivity index (χ4v) is 1.06. The molecule has 15 heavy (non-hydrogen) atoms. The maximum absolute atomic E-state index is 11.4. The molecule has 0 aromatic carbocycles. The fourth-order valence-electron chi connectivity index (χ4n) is 0.801. The number of thioether (sulfide) groups is 1. The van der Waals surface area contributed by atoms with Crippen LogP contribution in [0.3, 0.4) is 0 Å². The first kappa shape index (κ1) is 14.2. The van der Waals surface area contributed by atoms with Gasteiger partial charge in [0.15, 0.2) is 0 Å². The van der Waals surface area contributed by atoms with E-state index in [0.717, 1.165) is 6.54 Å². The van der Waals surface area contributed by atoms with Gasteiger partial charge in [-0.1, -0.05) is 6.92 Å². The monoisotopic (exact) mass is 233 g/mol. The summed E-state index contributed by atoms with van der Waals surface area (Å²) < 4.78 is 0. The predicted molar refractivity (Wildman–Crippen MR) is 63.0 cm³/mol. The molecule has 5 nitrogen and oxygen atoms in total. The average Bonchev–Trinajstić information content (AvgIpc) is 2.24. The maximum atomic E-state index is 11.4. The summed E-state index contributed by atoms with van der Waals surface area (Å²) in [5, 5.41) is 8.03. The van der Waals surface area contributed by atoms with Crippen molar-refractivity contribution in [1.82, 2.24) is 16.0 Å². The number of carbonyl (C=O) groups is 2. The molecule has 0 rings (SSSR count). The summed E-state index contributed by atoms with van der Waals surface area (Å²) in [5.41, 5.74) is 0. The average molecular weight is 233 g/mol. The summed E-state index contributed by atoms with van der Waals surface area (Å²) in [7, 11) is 1.47. The Balaban J connectivity index is 3.84. The molecule has 2 unspecified atom stereocenters. The number of imide groups is 1. The van der Waals surface area contributed by atoms with Crippen molar-refractivity contribution in [2.45, 2.75) is 25.1 Å². The second kappa shape index (κ2) is 7.53. The molecule has 0 radical (unpaired) electrons. The highest BCUT2D eigenvalue weighted by molar-refractivity contribution is 7.99. The number of hydrogen-bond acceptors (Lipinski definition) is 4. The van der Waals surface area contributed by atoms with Crippen molar-refractivity contribution in [3.63, 3.8) is 0 Å². The Bertz CT molecular complexity index is 223. The Morgan fingerprint density at radius 1 is 1.33 bits per heavy atom. The topological polar surface area (TPSA) is 70.2 Å². The zero-order valence-corrected chi connectivity index (χ0v) is 10.4. The van der Waals surface area contributed by atoms with E-state index in [0.29, 0.717) is 5.25 Å². The van der Waals surface area contributed by atoms with E-state index in [2.05, 4.69) is 22.9 Å². The molecule has 3 N–H and O–H groups in total. The highest BCUT2D eigenvalue weighted by atomic mass is 32.2. The molecule has 2 atom stereocenters. The quantitative estimate of drug-likeness (QED) is 0.633. The molecular formula is C9H19N3O2S. The summed E-state index contributed by atoms with van der Waals surface area (Å²) in [6, 6.07) is -0.844. The van der Waals surface area contributed by atoms with Crippen LogP contribution < -0.4 is 16.0 Å². The Morgan fingerprint density at radius 2 is 1.93 bits per heavy atom. The highest BCUT2D eigenvalue weighted by Crippen LogP contribution is 2.02. The van der Waals surface area contributed by atoms with E-state index in [4.69, 9.17) is 0 Å². The summed E-state index contributed by atoms with van der Waals surface area (Å²) in [6.45, 7) is 4.54. The van der Waals surface area contributed by atoms with Gasteiger partial charge >= 0.3 is 6.03 Å². The zero-order valence-electron chi connectivity index (χ0n) is 9.59. The molecule has 0 aromatic heterocycles. The third kappa shape index (κ3) is 6.35. The smallest absolute Gasteiger partial charge is 0.321 e. The van der Waals surface area contributed by atoms with Gasteiger partial charge in [-0.15, -0.1) is 0 Å². The van der Waals surface area contributed by atoms with Crippen molar-refractivity contribution < 1.29 is 9.59 Å². The van der Waals surface area contributed by atoms with Crippen LogP contribution in [0.4, 0.5) is 4.79 Å². The molecule has 88 valence electrons. The van der Waals surface area contributed by atoms with Crippen molar-refractivity contribution in [1.29, 1.82) is 0 Å². The van der Waals surface area contributed by atoms with Crippen molar-refractivity contribution >= 4 is 23.7 Å². The summed E-state index contributed by atoms with van der Waals surface area (Å²) in [6.07, 6.45) is 2.02. The first-order valence-electron chi connectivity index (χ1n) is 4.80. The van der Waals surface area contributed by atoms with Gasteiger partial charge < -0.3 is 10.6 Å². The Morgan fingerprint density at radius 3 is 2.40 bits per heavy atom. The lowest BCUT2D eigenvalue weighted by molar-refractivity contribution is -0.121. The number of hydrogen-bond donors (Lipinski definition) is 3. The van der Waals surface area contributed by atoms with Crippen LogP contribution in [0.1, 0.15) is 13.8 Å². The van der Waals surface area contributed by atoms with Gasteiger partial charge in [0.05, 0.1) is 6.04 Å². The van der Waals surface area contributed by atoms with Crippen molar-refractivity contribution in [3.05, 3.63) is 0 Å². The highest BCUT2D eigenvalue weighted by Gasteiger charge is 2.14. The Hall–Kier alpha value is -0.750. The lowest BCUT2D eigenvalue weighted by Gasteiger charge is -2.15. The third-order valence-electron chi connectivity index (χ3n) is 1.97. The van der Waals surface area contributed by atoms with Crippen molar-refractivity contribution in [2.75, 3.05) is 19.8 Å². The van der Waals surface area contributed by atoms with Crippen LogP contribution in [0, 0.1) is 0 Å². The molecular weight excluding hydrogens is 214 g/mol. The minimum Gasteiger partial charge on any atom is -0.341 e. The van der Waals surface area contributed by atoms with Gasteiger partial charge in [-0.2, -0.15) is 11.8 Å². The van der Waals surface area contributed by atoms with E-state index in [1.54, 1.807) is 18.7 Å². The van der Waals surface area contributed by atoms with Gasteiger partial charge in [0, 0.05) is 18.8 Å². The molecule has 0 saturated carbocycles. The number of amides is 3. The van der Waals surface area contributed by atoms with Crippen LogP contribution in [0.5, 0.6) is 0 Å². The van der Waals surface area contributed by atoms with Crippen LogP contribution in [0.2, 0.25) is 0 Å². The SMILES string of the molecule is CNC(=O)NC(=O)C(C)NCC(C)SC. The molecule has 3 amide bonds. The Kier molecular flexibility index (Phi) is 7.15. The molecule has 0 aliphatic heterocycles. The van der Waals surface area contributed by atoms with Gasteiger partial charge in [-0.3, -0.25) is 10.1 Å². The molecule has 0 aliphatic carbocycles.